The summed E-state index contributed by atoms with van der Waals surface area (Å²) in [7, 11) is 0. The fourth-order valence-electron chi connectivity index (χ4n) is 1.83. The normalized spacial score (nSPS) is 13.6. The Morgan fingerprint density at radius 3 is 2.40 bits per heavy atom. The van der Waals surface area contributed by atoms with Crippen LogP contribution in [0.15, 0.2) is 24.3 Å². The molecule has 6 heteroatoms. The Morgan fingerprint density at radius 1 is 1.25 bits per heavy atom. The van der Waals surface area contributed by atoms with E-state index >= 15 is 0 Å². The Kier molecular flexibility index (Phi) is 5.98. The van der Waals surface area contributed by atoms with Crippen LogP contribution in [0.25, 0.3) is 0 Å². The highest BCUT2D eigenvalue weighted by atomic mass is 35.5. The molecule has 0 aliphatic carbocycles. The van der Waals surface area contributed by atoms with Gasteiger partial charge < -0.3 is 14.6 Å². The summed E-state index contributed by atoms with van der Waals surface area (Å²) in [5, 5.41) is 9.77. The zero-order valence-electron chi connectivity index (χ0n) is 11.4. The maximum absolute atomic E-state index is 12.2. The first kappa shape index (κ1) is 16.5. The summed E-state index contributed by atoms with van der Waals surface area (Å²) in [4.78, 5) is 24.0. The number of esters is 1. The highest BCUT2D eigenvalue weighted by molar-refractivity contribution is 6.32. The first-order valence-corrected chi connectivity index (χ1v) is 6.61. The van der Waals surface area contributed by atoms with Crippen molar-refractivity contribution in [1.82, 2.24) is 0 Å². The van der Waals surface area contributed by atoms with Gasteiger partial charge in [0.15, 0.2) is 0 Å². The van der Waals surface area contributed by atoms with E-state index in [0.717, 1.165) is 0 Å². The largest absolute Gasteiger partial charge is 0.480 e. The van der Waals surface area contributed by atoms with Crippen LogP contribution in [0.5, 0.6) is 0 Å². The van der Waals surface area contributed by atoms with Crippen LogP contribution < -0.4 is 0 Å². The summed E-state index contributed by atoms with van der Waals surface area (Å²) in [6.45, 7) is 3.34. The molecule has 1 unspecified atom stereocenters. The van der Waals surface area contributed by atoms with Gasteiger partial charge in [0.2, 0.25) is 5.41 Å². The van der Waals surface area contributed by atoms with Gasteiger partial charge in [0, 0.05) is 17.2 Å². The van der Waals surface area contributed by atoms with Crippen LogP contribution in [0.4, 0.5) is 0 Å². The Labute approximate surface area is 122 Å². The molecule has 0 heterocycles. The molecule has 0 aliphatic heterocycles. The molecule has 0 spiro atoms. The van der Waals surface area contributed by atoms with Gasteiger partial charge in [0.05, 0.1) is 13.2 Å². The Hall–Kier alpha value is -1.59. The molecule has 1 N–H and O–H groups in total. The number of carbonyl (C=O) groups is 2. The molecule has 0 radical (unpaired) electrons. The molecule has 0 saturated heterocycles. The third kappa shape index (κ3) is 3.11. The molecule has 0 aliphatic rings. The first-order chi connectivity index (χ1) is 9.50. The third-order valence-electron chi connectivity index (χ3n) is 2.85. The number of ether oxygens (including phenoxy) is 2. The van der Waals surface area contributed by atoms with Crippen LogP contribution >= 0.6 is 11.6 Å². The minimum Gasteiger partial charge on any atom is -0.480 e. The summed E-state index contributed by atoms with van der Waals surface area (Å²) >= 11 is 6.05. The molecule has 110 valence electrons. The molecule has 1 aromatic rings. The Morgan fingerprint density at radius 2 is 1.90 bits per heavy atom. The monoisotopic (exact) mass is 300 g/mol. The average Bonchev–Trinajstić information content (AvgIpc) is 2.41. The lowest BCUT2D eigenvalue weighted by Crippen LogP contribution is -2.49. The van der Waals surface area contributed by atoms with Gasteiger partial charge in [-0.3, -0.25) is 9.59 Å². The van der Waals surface area contributed by atoms with Gasteiger partial charge in [-0.25, -0.2) is 0 Å². The van der Waals surface area contributed by atoms with E-state index in [1.807, 2.05) is 0 Å². The van der Waals surface area contributed by atoms with E-state index in [4.69, 9.17) is 21.1 Å². The number of carbonyl (C=O) groups excluding carboxylic acids is 1. The van der Waals surface area contributed by atoms with Gasteiger partial charge in [0.1, 0.15) is 0 Å². The number of rotatable bonds is 7. The van der Waals surface area contributed by atoms with Crippen molar-refractivity contribution in [2.45, 2.75) is 19.3 Å². The average molecular weight is 301 g/mol. The predicted molar refractivity (Wildman–Crippen MR) is 73.9 cm³/mol. The number of hydrogen-bond donors (Lipinski definition) is 1. The first-order valence-electron chi connectivity index (χ1n) is 6.24. The molecule has 20 heavy (non-hydrogen) atoms. The maximum Gasteiger partial charge on any atom is 0.330 e. The SMILES string of the molecule is CCOCC(C(=O)O)(C(=O)OCC)c1ccccc1Cl. The number of hydrogen-bond acceptors (Lipinski definition) is 4. The van der Waals surface area contributed by atoms with Gasteiger partial charge >= 0.3 is 11.9 Å². The topological polar surface area (TPSA) is 72.8 Å². The van der Waals surface area contributed by atoms with Gasteiger partial charge in [-0.15, -0.1) is 0 Å². The second-order valence-corrected chi connectivity index (χ2v) is 4.46. The van der Waals surface area contributed by atoms with E-state index in [9.17, 15) is 14.7 Å². The summed E-state index contributed by atoms with van der Waals surface area (Å²) < 4.78 is 10.1. The number of benzene rings is 1. The van der Waals surface area contributed by atoms with Crippen LogP contribution in [0, 0.1) is 0 Å². The van der Waals surface area contributed by atoms with E-state index in [0.29, 0.717) is 0 Å². The smallest absolute Gasteiger partial charge is 0.330 e. The summed E-state index contributed by atoms with van der Waals surface area (Å²) in [6, 6.07) is 6.29. The van der Waals surface area contributed by atoms with Gasteiger partial charge in [-0.2, -0.15) is 0 Å². The lowest BCUT2D eigenvalue weighted by molar-refractivity contribution is -0.165. The summed E-state index contributed by atoms with van der Waals surface area (Å²) in [5.74, 6) is -2.23. The Balaban J connectivity index is 3.40. The molecule has 5 nitrogen and oxygen atoms in total. The minimum atomic E-state index is -1.95. The zero-order chi connectivity index (χ0) is 15.2. The van der Waals surface area contributed by atoms with E-state index in [1.54, 1.807) is 26.0 Å². The predicted octanol–water partition coefficient (Wildman–Crippen LogP) is 2.26. The number of aliphatic carboxylic acids is 1. The van der Waals surface area contributed by atoms with Crippen LogP contribution in [-0.4, -0.2) is 36.9 Å². The van der Waals surface area contributed by atoms with Gasteiger partial charge in [-0.1, -0.05) is 29.8 Å². The lowest BCUT2D eigenvalue weighted by Gasteiger charge is -2.28. The summed E-state index contributed by atoms with van der Waals surface area (Å²) in [6.07, 6.45) is 0. The van der Waals surface area contributed by atoms with Crippen molar-refractivity contribution in [1.29, 1.82) is 0 Å². The van der Waals surface area contributed by atoms with Crippen LogP contribution in [0.2, 0.25) is 5.02 Å². The van der Waals surface area contributed by atoms with Crippen molar-refractivity contribution in [2.24, 2.45) is 0 Å². The molecule has 1 aromatic carbocycles. The van der Waals surface area contributed by atoms with Gasteiger partial charge in [-0.05, 0) is 19.9 Å². The lowest BCUT2D eigenvalue weighted by atomic mass is 9.81. The van der Waals surface area contributed by atoms with E-state index < -0.39 is 17.4 Å². The molecule has 0 fully saturated rings. The second-order valence-electron chi connectivity index (χ2n) is 4.05. The van der Waals surface area contributed by atoms with Crippen LogP contribution in [0.3, 0.4) is 0 Å². The second kappa shape index (κ2) is 7.26. The highest BCUT2D eigenvalue weighted by Crippen LogP contribution is 2.32. The van der Waals surface area contributed by atoms with E-state index in [1.165, 1.54) is 12.1 Å². The maximum atomic E-state index is 12.2. The highest BCUT2D eigenvalue weighted by Gasteiger charge is 2.51. The van der Waals surface area contributed by atoms with E-state index in [2.05, 4.69) is 0 Å². The number of carboxylic acid groups (broad SMARTS) is 1. The molecular weight excluding hydrogens is 284 g/mol. The molecule has 1 atom stereocenters. The fourth-order valence-corrected chi connectivity index (χ4v) is 2.12. The summed E-state index contributed by atoms with van der Waals surface area (Å²) in [5.41, 5.74) is -1.79. The molecule has 0 aromatic heterocycles. The minimum absolute atomic E-state index is 0.0739. The van der Waals surface area contributed by atoms with Crippen molar-refractivity contribution >= 4 is 23.5 Å². The molecule has 1 rings (SSSR count). The number of halogens is 1. The van der Waals surface area contributed by atoms with Crippen molar-refractivity contribution in [3.05, 3.63) is 34.9 Å². The van der Waals surface area contributed by atoms with Crippen LogP contribution in [0.1, 0.15) is 19.4 Å². The molecular formula is C14H17ClO5. The van der Waals surface area contributed by atoms with Crippen molar-refractivity contribution in [2.75, 3.05) is 19.8 Å². The molecule has 0 saturated carbocycles. The quantitative estimate of drug-likeness (QED) is 0.617. The van der Waals surface area contributed by atoms with Crippen molar-refractivity contribution in [3.8, 4) is 0 Å². The zero-order valence-corrected chi connectivity index (χ0v) is 12.1. The Bertz CT molecular complexity index is 488. The van der Waals surface area contributed by atoms with Crippen molar-refractivity contribution in [3.63, 3.8) is 0 Å². The van der Waals surface area contributed by atoms with E-state index in [-0.39, 0.29) is 30.4 Å². The molecule has 0 amide bonds. The third-order valence-corrected chi connectivity index (χ3v) is 3.17. The van der Waals surface area contributed by atoms with Gasteiger partial charge in [0.25, 0.3) is 0 Å². The van der Waals surface area contributed by atoms with Crippen LogP contribution in [-0.2, 0) is 24.5 Å². The standard InChI is InChI=1S/C14H17ClO5/c1-3-19-9-14(12(16)17,13(18)20-4-2)10-7-5-6-8-11(10)15/h5-8H,3-4,9H2,1-2H3,(H,16,17). The molecule has 0 bridgehead atoms. The fraction of sp³-hybridized carbons (Fsp3) is 0.429. The van der Waals surface area contributed by atoms with Crippen molar-refractivity contribution < 1.29 is 24.2 Å². The number of carboxylic acids is 1.